The van der Waals surface area contributed by atoms with E-state index >= 15 is 0 Å². The standard InChI is InChI=1S/C21H32ClFN4O/c1-21(2,18-5-4-17(23)12-19(18)22)15-25-20(24-3)27-7-6-16(14-27)13-26-8-10-28-11-9-26/h4-5,12,16H,6-11,13-15H2,1-3H3,(H,24,25). The van der Waals surface area contributed by atoms with E-state index < -0.39 is 0 Å². The molecule has 0 bridgehead atoms. The van der Waals surface area contributed by atoms with Crippen LogP contribution in [0.2, 0.25) is 5.02 Å². The SMILES string of the molecule is CN=C(NCC(C)(C)c1ccc(F)cc1Cl)N1CCC(CN2CCOCC2)C1. The quantitative estimate of drug-likeness (QED) is 0.598. The van der Waals surface area contributed by atoms with Gasteiger partial charge in [-0.05, 0) is 30.0 Å². The topological polar surface area (TPSA) is 40.1 Å². The monoisotopic (exact) mass is 410 g/mol. The minimum atomic E-state index is -0.309. The second kappa shape index (κ2) is 9.42. The number of benzene rings is 1. The maximum absolute atomic E-state index is 13.4. The van der Waals surface area contributed by atoms with Crippen LogP contribution in [0, 0.1) is 11.7 Å². The molecule has 3 rings (SSSR count). The fourth-order valence-corrected chi connectivity index (χ4v) is 4.51. The largest absolute Gasteiger partial charge is 0.379 e. The highest BCUT2D eigenvalue weighted by Gasteiger charge is 2.29. The Morgan fingerprint density at radius 3 is 2.75 bits per heavy atom. The third-order valence-corrected chi connectivity index (χ3v) is 6.08. The molecule has 5 nitrogen and oxygen atoms in total. The van der Waals surface area contributed by atoms with Gasteiger partial charge in [0.15, 0.2) is 5.96 Å². The predicted molar refractivity (Wildman–Crippen MR) is 113 cm³/mol. The Kier molecular flexibility index (Phi) is 7.18. The molecule has 1 unspecified atom stereocenters. The van der Waals surface area contributed by atoms with Crippen molar-refractivity contribution in [2.45, 2.75) is 25.7 Å². The highest BCUT2D eigenvalue weighted by Crippen LogP contribution is 2.30. The number of nitrogens with one attached hydrogen (secondary N) is 1. The Morgan fingerprint density at radius 2 is 2.07 bits per heavy atom. The van der Waals surface area contributed by atoms with Crippen molar-refractivity contribution in [3.63, 3.8) is 0 Å². The van der Waals surface area contributed by atoms with Gasteiger partial charge in [-0.3, -0.25) is 9.89 Å². The fraction of sp³-hybridized carbons (Fsp3) is 0.667. The summed E-state index contributed by atoms with van der Waals surface area (Å²) >= 11 is 6.28. The lowest BCUT2D eigenvalue weighted by Crippen LogP contribution is -2.45. The molecule has 2 fully saturated rings. The van der Waals surface area contributed by atoms with Gasteiger partial charge in [-0.15, -0.1) is 0 Å². The van der Waals surface area contributed by atoms with Crippen LogP contribution in [-0.4, -0.2) is 75.3 Å². The second-order valence-electron chi connectivity index (χ2n) is 8.42. The summed E-state index contributed by atoms with van der Waals surface area (Å²) in [6.45, 7) is 11.8. The number of hydrogen-bond donors (Lipinski definition) is 1. The van der Waals surface area contributed by atoms with Gasteiger partial charge in [0.2, 0.25) is 0 Å². The van der Waals surface area contributed by atoms with Gasteiger partial charge in [-0.25, -0.2) is 4.39 Å². The number of hydrogen-bond acceptors (Lipinski definition) is 3. The molecule has 2 heterocycles. The van der Waals surface area contributed by atoms with Gasteiger partial charge in [0.25, 0.3) is 0 Å². The van der Waals surface area contributed by atoms with Gasteiger partial charge < -0.3 is 15.0 Å². The molecule has 2 saturated heterocycles. The first kappa shape index (κ1) is 21.3. The van der Waals surface area contributed by atoms with E-state index in [9.17, 15) is 4.39 Å². The molecule has 0 saturated carbocycles. The van der Waals surface area contributed by atoms with Gasteiger partial charge in [0, 0.05) is 56.8 Å². The number of rotatable bonds is 5. The molecule has 2 aliphatic rings. The van der Waals surface area contributed by atoms with E-state index in [4.69, 9.17) is 16.3 Å². The molecule has 1 N–H and O–H groups in total. The summed E-state index contributed by atoms with van der Waals surface area (Å²) in [7, 11) is 1.83. The van der Waals surface area contributed by atoms with Crippen molar-refractivity contribution in [3.8, 4) is 0 Å². The van der Waals surface area contributed by atoms with Gasteiger partial charge in [-0.2, -0.15) is 0 Å². The number of nitrogens with zero attached hydrogens (tertiary/aromatic N) is 3. The first-order valence-electron chi connectivity index (χ1n) is 10.1. The maximum Gasteiger partial charge on any atom is 0.193 e. The van der Waals surface area contributed by atoms with E-state index in [1.54, 1.807) is 6.07 Å². The zero-order valence-corrected chi connectivity index (χ0v) is 17.9. The van der Waals surface area contributed by atoms with Crippen LogP contribution >= 0.6 is 11.6 Å². The predicted octanol–water partition coefficient (Wildman–Crippen LogP) is 2.99. The van der Waals surface area contributed by atoms with E-state index in [0.29, 0.717) is 17.5 Å². The summed E-state index contributed by atoms with van der Waals surface area (Å²) in [5.41, 5.74) is 0.693. The van der Waals surface area contributed by atoms with Crippen LogP contribution in [0.4, 0.5) is 4.39 Å². The van der Waals surface area contributed by atoms with Crippen LogP contribution < -0.4 is 5.32 Å². The number of halogens is 2. The molecule has 0 radical (unpaired) electrons. The Labute approximate surface area is 172 Å². The first-order chi connectivity index (χ1) is 13.4. The van der Waals surface area contributed by atoms with Crippen molar-refractivity contribution in [2.75, 3.05) is 59.5 Å². The van der Waals surface area contributed by atoms with E-state index in [1.165, 1.54) is 18.6 Å². The molecule has 0 amide bonds. The molecule has 0 aliphatic carbocycles. The van der Waals surface area contributed by atoms with Gasteiger partial charge >= 0.3 is 0 Å². The summed E-state index contributed by atoms with van der Waals surface area (Å²) in [5.74, 6) is 1.28. The van der Waals surface area contributed by atoms with Crippen LogP contribution in [-0.2, 0) is 10.2 Å². The molecule has 1 aromatic carbocycles. The molecular formula is C21H32ClFN4O. The van der Waals surface area contributed by atoms with E-state index in [1.807, 2.05) is 7.05 Å². The lowest BCUT2D eigenvalue weighted by molar-refractivity contribution is 0.0315. The number of ether oxygens (including phenoxy) is 1. The van der Waals surface area contributed by atoms with Crippen molar-refractivity contribution >= 4 is 17.6 Å². The molecule has 7 heteroatoms. The first-order valence-corrected chi connectivity index (χ1v) is 10.5. The lowest BCUT2D eigenvalue weighted by atomic mass is 9.84. The minimum Gasteiger partial charge on any atom is -0.379 e. The number of likely N-dealkylation sites (tertiary alicyclic amines) is 1. The van der Waals surface area contributed by atoms with Crippen LogP contribution in [0.3, 0.4) is 0 Å². The summed E-state index contributed by atoms with van der Waals surface area (Å²) in [6.07, 6.45) is 1.19. The average Bonchev–Trinajstić information content (AvgIpc) is 3.11. The van der Waals surface area contributed by atoms with Crippen LogP contribution in [0.25, 0.3) is 0 Å². The average molecular weight is 411 g/mol. The van der Waals surface area contributed by atoms with Crippen molar-refractivity contribution in [2.24, 2.45) is 10.9 Å². The normalized spacial score (nSPS) is 22.0. The summed E-state index contributed by atoms with van der Waals surface area (Å²) in [5, 5.41) is 3.97. The third-order valence-electron chi connectivity index (χ3n) is 5.77. The van der Waals surface area contributed by atoms with E-state index in [0.717, 1.165) is 57.5 Å². The van der Waals surface area contributed by atoms with Crippen LogP contribution in [0.5, 0.6) is 0 Å². The molecule has 28 heavy (non-hydrogen) atoms. The minimum absolute atomic E-state index is 0.242. The Morgan fingerprint density at radius 1 is 1.32 bits per heavy atom. The highest BCUT2D eigenvalue weighted by molar-refractivity contribution is 6.31. The van der Waals surface area contributed by atoms with Crippen molar-refractivity contribution in [1.29, 1.82) is 0 Å². The molecule has 0 spiro atoms. The second-order valence-corrected chi connectivity index (χ2v) is 8.83. The molecule has 2 aliphatic heterocycles. The Balaban J connectivity index is 1.54. The van der Waals surface area contributed by atoms with Crippen molar-refractivity contribution < 1.29 is 9.13 Å². The fourth-order valence-electron chi connectivity index (χ4n) is 4.09. The smallest absolute Gasteiger partial charge is 0.193 e. The number of morpholine rings is 1. The van der Waals surface area contributed by atoms with Crippen LogP contribution in [0.15, 0.2) is 23.2 Å². The Bertz CT molecular complexity index is 691. The summed E-state index contributed by atoms with van der Waals surface area (Å²) in [4.78, 5) is 9.34. The molecule has 0 aromatic heterocycles. The molecule has 156 valence electrons. The zero-order valence-electron chi connectivity index (χ0n) is 17.2. The van der Waals surface area contributed by atoms with Gasteiger partial charge in [0.05, 0.1) is 13.2 Å². The maximum atomic E-state index is 13.4. The summed E-state index contributed by atoms with van der Waals surface area (Å²) in [6, 6.07) is 4.62. The van der Waals surface area contributed by atoms with Gasteiger partial charge in [-0.1, -0.05) is 31.5 Å². The van der Waals surface area contributed by atoms with Crippen molar-refractivity contribution in [1.82, 2.24) is 15.1 Å². The molecule has 1 atom stereocenters. The molecule has 1 aromatic rings. The highest BCUT2D eigenvalue weighted by atomic mass is 35.5. The van der Waals surface area contributed by atoms with E-state index in [2.05, 4.69) is 34.0 Å². The van der Waals surface area contributed by atoms with Gasteiger partial charge in [0.1, 0.15) is 5.82 Å². The van der Waals surface area contributed by atoms with E-state index in [-0.39, 0.29) is 11.2 Å². The molecular weight excluding hydrogens is 379 g/mol. The zero-order chi connectivity index (χ0) is 20.1. The van der Waals surface area contributed by atoms with Crippen LogP contribution in [0.1, 0.15) is 25.8 Å². The Hall–Kier alpha value is -1.37. The third kappa shape index (κ3) is 5.37. The van der Waals surface area contributed by atoms with Crippen molar-refractivity contribution in [3.05, 3.63) is 34.6 Å². The number of aliphatic imine (C=N–C) groups is 1. The number of guanidine groups is 1. The summed E-state index contributed by atoms with van der Waals surface area (Å²) < 4.78 is 18.8. The lowest BCUT2D eigenvalue weighted by Gasteiger charge is -2.31.